The maximum Gasteiger partial charge on any atom is 0.373 e. The Morgan fingerprint density at radius 1 is 0.833 bits per heavy atom. The Balaban J connectivity index is -0.00000000667. The average molecular weight is 125 g/mol. The van der Waals surface area contributed by atoms with Crippen LogP contribution in [0.15, 0.2) is 0 Å². The van der Waals surface area contributed by atoms with Crippen molar-refractivity contribution in [2.45, 2.75) is 0 Å². The summed E-state index contributed by atoms with van der Waals surface area (Å²) >= 11 is 0. The van der Waals surface area contributed by atoms with Gasteiger partial charge in [0.2, 0.25) is 0 Å². The quantitative estimate of drug-likeness (QED) is 0.360. The maximum atomic E-state index is 8.12. The fourth-order valence-corrected chi connectivity index (χ4v) is 0. The van der Waals surface area contributed by atoms with E-state index in [0.717, 1.165) is 0 Å². The molecule has 0 aromatic heterocycles. The smallest absolute Gasteiger partial charge is 0.186 e. The highest BCUT2D eigenvalue weighted by atomic mass is 27.0. The Kier molecular flexibility index (Phi) is 178. The fourth-order valence-electron chi connectivity index (χ4n) is 0. The normalized spacial score (nSPS) is 1.33. The van der Waals surface area contributed by atoms with E-state index in [1.54, 1.807) is 0 Å². The molecule has 0 aromatic rings. The molecule has 0 unspecified atom stereocenters. The van der Waals surface area contributed by atoms with Crippen molar-refractivity contribution in [1.29, 1.82) is 0 Å². The van der Waals surface area contributed by atoms with Crippen LogP contribution in [0.4, 0.5) is 0 Å². The molecule has 0 rings (SSSR count). The van der Waals surface area contributed by atoms with Gasteiger partial charge in [-0.05, 0) is 0 Å². The second-order valence-corrected chi connectivity index (χ2v) is 0.0833. The number of rotatable bonds is 0. The molecule has 0 bridgehead atoms. The zero-order valence-electron chi connectivity index (χ0n) is 3.05. The van der Waals surface area contributed by atoms with E-state index >= 15 is 0 Å². The van der Waals surface area contributed by atoms with Gasteiger partial charge < -0.3 is 0 Å². The number of hydrogen-bond acceptors (Lipinski definition) is 2. The molecule has 0 aliphatic carbocycles. The van der Waals surface area contributed by atoms with Gasteiger partial charge in [-0.2, -0.15) is 9.59 Å². The van der Waals surface area contributed by atoms with Gasteiger partial charge in [0.05, 0.1) is 0 Å². The van der Waals surface area contributed by atoms with Crippen molar-refractivity contribution < 1.29 is 9.59 Å². The molecule has 9 radical (unpaired) electrons. The van der Waals surface area contributed by atoms with E-state index < -0.39 is 0 Å². The second kappa shape index (κ2) is 37.9. The van der Waals surface area contributed by atoms with Crippen molar-refractivity contribution in [1.82, 2.24) is 0 Å². The van der Waals surface area contributed by atoms with Crippen LogP contribution >= 0.6 is 0 Å². The molecule has 0 atom stereocenters. The van der Waals surface area contributed by atoms with Crippen LogP contribution in [0.1, 0.15) is 0 Å². The maximum absolute atomic E-state index is 8.12. The summed E-state index contributed by atoms with van der Waals surface area (Å²) in [5.74, 6) is 0. The van der Waals surface area contributed by atoms with Gasteiger partial charge in [0, 0.05) is 52.1 Å². The van der Waals surface area contributed by atoms with Crippen molar-refractivity contribution in [3.05, 3.63) is 0 Å². The third-order valence-electron chi connectivity index (χ3n) is 0. The van der Waals surface area contributed by atoms with Crippen LogP contribution in [0.5, 0.6) is 0 Å². The van der Waals surface area contributed by atoms with Crippen LogP contribution in [0.3, 0.4) is 0 Å². The summed E-state index contributed by atoms with van der Waals surface area (Å²) in [6, 6.07) is 0. The molecular weight excluding hydrogens is 125 g/mol. The zero-order chi connectivity index (χ0) is 2.71. The van der Waals surface area contributed by atoms with Crippen molar-refractivity contribution in [3.8, 4) is 0 Å². The second-order valence-electron chi connectivity index (χ2n) is 0.0833. The molecule has 0 N–H and O–H groups in total. The molecular formula is CAl3O2. The molecule has 0 aliphatic rings. The molecule has 0 aromatic carbocycles. The standard InChI is InChI=1S/CO2.3Al/c2-1-3;;;. The van der Waals surface area contributed by atoms with Crippen LogP contribution in [0.25, 0.3) is 0 Å². The largest absolute Gasteiger partial charge is 0.373 e. The van der Waals surface area contributed by atoms with Crippen LogP contribution in [0.2, 0.25) is 0 Å². The summed E-state index contributed by atoms with van der Waals surface area (Å²) in [7, 11) is 0. The lowest BCUT2D eigenvalue weighted by atomic mass is 11.8. The van der Waals surface area contributed by atoms with E-state index in [-0.39, 0.29) is 58.2 Å². The van der Waals surface area contributed by atoms with Crippen molar-refractivity contribution in [2.24, 2.45) is 0 Å². The predicted molar refractivity (Wildman–Crippen MR) is 22.3 cm³/mol. The van der Waals surface area contributed by atoms with Gasteiger partial charge in [0.25, 0.3) is 0 Å². The molecule has 0 amide bonds. The topological polar surface area (TPSA) is 34.1 Å². The first kappa shape index (κ1) is 28.1. The molecule has 6 heavy (non-hydrogen) atoms. The first-order valence-corrected chi connectivity index (χ1v) is 0.408. The van der Waals surface area contributed by atoms with Gasteiger partial charge >= 0.3 is 6.15 Å². The molecule has 0 heterocycles. The highest BCUT2D eigenvalue weighted by molar-refractivity contribution is 5.76. The lowest BCUT2D eigenvalue weighted by molar-refractivity contribution is -0.191. The summed E-state index contributed by atoms with van der Waals surface area (Å²) in [4.78, 5) is 16.2. The van der Waals surface area contributed by atoms with Crippen LogP contribution in [-0.4, -0.2) is 58.2 Å². The van der Waals surface area contributed by atoms with Gasteiger partial charge in [-0.3, -0.25) is 0 Å². The fraction of sp³-hybridized carbons (Fsp3) is 0. The van der Waals surface area contributed by atoms with Crippen molar-refractivity contribution in [2.75, 3.05) is 0 Å². The van der Waals surface area contributed by atoms with Crippen LogP contribution in [-0.2, 0) is 9.59 Å². The summed E-state index contributed by atoms with van der Waals surface area (Å²) in [6.07, 6.45) is 0.250. The number of carbonyl (C=O) groups excluding carboxylic acids is 2. The Morgan fingerprint density at radius 2 is 0.833 bits per heavy atom. The van der Waals surface area contributed by atoms with E-state index in [1.807, 2.05) is 0 Å². The number of hydrogen-bond donors (Lipinski definition) is 0. The van der Waals surface area contributed by atoms with E-state index in [4.69, 9.17) is 9.59 Å². The Labute approximate surface area is 67.7 Å². The van der Waals surface area contributed by atoms with E-state index in [1.165, 1.54) is 0 Å². The molecule has 0 spiro atoms. The van der Waals surface area contributed by atoms with E-state index in [0.29, 0.717) is 0 Å². The summed E-state index contributed by atoms with van der Waals surface area (Å²) in [5.41, 5.74) is 0. The highest BCUT2D eigenvalue weighted by Gasteiger charge is 1.13. The average Bonchev–Trinajstić information content (AvgIpc) is 0.918. The van der Waals surface area contributed by atoms with Crippen molar-refractivity contribution in [3.63, 3.8) is 0 Å². The zero-order valence-corrected chi connectivity index (χ0v) is 6.51. The SMILES string of the molecule is O=C=O.[Al].[Al].[Al]. The summed E-state index contributed by atoms with van der Waals surface area (Å²) in [5, 5.41) is 0. The Hall–Kier alpha value is 0.977. The van der Waals surface area contributed by atoms with E-state index in [2.05, 4.69) is 0 Å². The summed E-state index contributed by atoms with van der Waals surface area (Å²) in [6.45, 7) is 0. The van der Waals surface area contributed by atoms with E-state index in [9.17, 15) is 0 Å². The van der Waals surface area contributed by atoms with Crippen LogP contribution < -0.4 is 0 Å². The molecule has 0 saturated carbocycles. The van der Waals surface area contributed by atoms with Crippen molar-refractivity contribution >= 4 is 58.2 Å². The summed E-state index contributed by atoms with van der Waals surface area (Å²) < 4.78 is 0. The molecule has 0 saturated heterocycles. The Morgan fingerprint density at radius 3 is 0.833 bits per heavy atom. The third kappa shape index (κ3) is 82.4. The first-order chi connectivity index (χ1) is 1.41. The minimum Gasteiger partial charge on any atom is -0.186 e. The molecule has 25 valence electrons. The van der Waals surface area contributed by atoms with Gasteiger partial charge in [-0.1, -0.05) is 0 Å². The van der Waals surface area contributed by atoms with Gasteiger partial charge in [0.15, 0.2) is 0 Å². The molecule has 0 aliphatic heterocycles. The lowest BCUT2D eigenvalue weighted by Crippen LogP contribution is -1.22. The molecule has 0 fully saturated rings. The van der Waals surface area contributed by atoms with Gasteiger partial charge in [0.1, 0.15) is 0 Å². The monoisotopic (exact) mass is 125 g/mol. The minimum absolute atomic E-state index is 0. The van der Waals surface area contributed by atoms with Crippen LogP contribution in [0, 0.1) is 0 Å². The third-order valence-corrected chi connectivity index (χ3v) is 0. The predicted octanol–water partition coefficient (Wildman–Crippen LogP) is -1.73. The molecule has 2 nitrogen and oxygen atoms in total. The Bertz CT molecular complexity index is 29.8. The highest BCUT2D eigenvalue weighted by Crippen LogP contribution is 0.787. The molecule has 5 heteroatoms. The van der Waals surface area contributed by atoms with Gasteiger partial charge in [-0.15, -0.1) is 0 Å². The minimum atomic E-state index is 0. The van der Waals surface area contributed by atoms with Gasteiger partial charge in [-0.25, -0.2) is 0 Å². The first-order valence-electron chi connectivity index (χ1n) is 0.408. The lowest BCUT2D eigenvalue weighted by Gasteiger charge is -0.945.